The Morgan fingerprint density at radius 2 is 1.60 bits per heavy atom. The number of hydrogen-bond acceptors (Lipinski definition) is 13. The first-order chi connectivity index (χ1) is 34.6. The van der Waals surface area contributed by atoms with Gasteiger partial charge in [-0.3, -0.25) is 24.1 Å². The lowest BCUT2D eigenvalue weighted by atomic mass is 9.85. The van der Waals surface area contributed by atoms with Gasteiger partial charge in [-0.05, 0) is 111 Å². The molecule has 0 saturated carbocycles. The van der Waals surface area contributed by atoms with Crippen LogP contribution < -0.4 is 29.9 Å². The van der Waals surface area contributed by atoms with Crippen molar-refractivity contribution in [2.45, 2.75) is 97.3 Å². The molecule has 3 atom stereocenters. The van der Waals surface area contributed by atoms with E-state index in [-0.39, 0.29) is 43.5 Å². The van der Waals surface area contributed by atoms with E-state index in [1.54, 1.807) is 83.1 Å². The number of carbonyl (C=O) groups is 4. The monoisotopic (exact) mass is 1020 g/mol. The second kappa shape index (κ2) is 22.1. The first-order valence-corrected chi connectivity index (χ1v) is 23.8. The summed E-state index contributed by atoms with van der Waals surface area (Å²) >= 11 is 5.61. The molecule has 4 amide bonds. The number of alkyl halides is 3. The van der Waals surface area contributed by atoms with Crippen LogP contribution in [-0.2, 0) is 36.6 Å². The van der Waals surface area contributed by atoms with Crippen LogP contribution in [0, 0.1) is 23.7 Å². The molecule has 0 spiro atoms. The van der Waals surface area contributed by atoms with Crippen LogP contribution in [0.1, 0.15) is 76.4 Å². The largest absolute Gasteiger partial charge is 0.494 e. The number of nitrogens with zero attached hydrogens (tertiary/aromatic N) is 6. The second-order valence-corrected chi connectivity index (χ2v) is 19.5. The van der Waals surface area contributed by atoms with Gasteiger partial charge in [0.25, 0.3) is 5.91 Å². The fourth-order valence-corrected chi connectivity index (χ4v) is 8.91. The van der Waals surface area contributed by atoms with Crippen molar-refractivity contribution in [1.82, 2.24) is 25.5 Å². The Morgan fingerprint density at radius 1 is 0.959 bits per heavy atom. The summed E-state index contributed by atoms with van der Waals surface area (Å²) in [6.07, 6.45) is -2.13. The van der Waals surface area contributed by atoms with Crippen molar-refractivity contribution in [3.8, 4) is 34.6 Å². The Hall–Kier alpha value is -7.41. The van der Waals surface area contributed by atoms with E-state index in [4.69, 9.17) is 36.1 Å². The van der Waals surface area contributed by atoms with Crippen LogP contribution in [-0.4, -0.2) is 98.8 Å². The number of anilines is 2. The molecule has 2 fully saturated rings. The van der Waals surface area contributed by atoms with E-state index in [2.05, 4.69) is 20.6 Å². The zero-order valence-electron chi connectivity index (χ0n) is 41.0. The Morgan fingerprint density at radius 3 is 2.22 bits per heavy atom. The number of aliphatic hydroxyl groups excluding tert-OH is 1. The van der Waals surface area contributed by atoms with Crippen LogP contribution in [0.3, 0.4) is 0 Å². The third kappa shape index (κ3) is 12.4. The number of hydrogen-bond donors (Lipinski definition) is 3. The summed E-state index contributed by atoms with van der Waals surface area (Å²) in [6.45, 7) is 10.9. The Labute approximate surface area is 425 Å². The molecule has 2 aliphatic heterocycles. The lowest BCUT2D eigenvalue weighted by Crippen LogP contribution is -2.58. The van der Waals surface area contributed by atoms with Crippen molar-refractivity contribution >= 4 is 52.3 Å². The minimum atomic E-state index is -4.88. The van der Waals surface area contributed by atoms with Gasteiger partial charge in [-0.15, -0.1) is 0 Å². The summed E-state index contributed by atoms with van der Waals surface area (Å²) in [5.74, 6) is 0.252. The highest BCUT2D eigenvalue weighted by Crippen LogP contribution is 2.40. The number of aliphatic hydroxyl groups is 1. The van der Waals surface area contributed by atoms with Crippen molar-refractivity contribution in [2.24, 2.45) is 5.41 Å². The maximum absolute atomic E-state index is 14.0. The molecule has 2 aromatic heterocycles. The maximum Gasteiger partial charge on any atom is 0.419 e. The predicted molar refractivity (Wildman–Crippen MR) is 265 cm³/mol. The van der Waals surface area contributed by atoms with Gasteiger partial charge in [0.2, 0.25) is 17.7 Å². The fraction of sp³-hybridized carbons (Fsp3) is 0.385. The summed E-state index contributed by atoms with van der Waals surface area (Å²) < 4.78 is 64.1. The smallest absolute Gasteiger partial charge is 0.419 e. The van der Waals surface area contributed by atoms with E-state index in [0.29, 0.717) is 54.2 Å². The molecule has 21 heteroatoms. The lowest BCUT2D eigenvalue weighted by molar-refractivity contribution is -0.144. The van der Waals surface area contributed by atoms with E-state index >= 15 is 0 Å². The molecule has 3 N–H and O–H groups in total. The molecule has 2 saturated heterocycles. The molecule has 4 heterocycles. The number of β-amino-alcohol motifs (C(OH)–C–C–N with tert-alkyl or cyclic N) is 1. The summed E-state index contributed by atoms with van der Waals surface area (Å²) in [4.78, 5) is 65.6. The van der Waals surface area contributed by atoms with E-state index < -0.39 is 70.2 Å². The SMILES string of the molecule is Cc1ncoc1-c1ccc(CNC(=O)[C@@H]2C[C@@H](O)CN2C(=O)[C@@H](NC(=O)COCCCCOc2ccc(Oc3ccc(N4C(=S)N(c5cnc(C#N)c(C(F)(F)F)c5)C(=O)C4(C)C)cc3)cc2)C(C)(C)C)cc1. The van der Waals surface area contributed by atoms with Crippen LogP contribution in [0.2, 0.25) is 0 Å². The zero-order valence-corrected chi connectivity index (χ0v) is 41.8. The fourth-order valence-electron chi connectivity index (χ4n) is 8.38. The number of ether oxygens (including phenoxy) is 3. The number of oxazole rings is 1. The molecule has 0 bridgehead atoms. The number of nitriles is 1. The number of rotatable bonds is 18. The van der Waals surface area contributed by atoms with Gasteiger partial charge in [0.1, 0.15) is 47.5 Å². The molecule has 73 heavy (non-hydrogen) atoms. The molecule has 0 aliphatic carbocycles. The van der Waals surface area contributed by atoms with Gasteiger partial charge >= 0.3 is 6.18 Å². The number of thiocarbonyl (C=S) groups is 1. The summed E-state index contributed by atoms with van der Waals surface area (Å²) in [5, 5.41) is 25.3. The first kappa shape index (κ1) is 53.4. The number of unbranched alkanes of at least 4 members (excludes halogenated alkanes) is 1. The standard InChI is InChI=1S/C52H55F3N8O9S/c1-31-44(71-30-59-31)33-11-9-32(10-12-33)26-58-46(66)42-24-36(64)28-61(42)47(67)45(50(2,3)4)60-43(65)29-69-21-7-8-22-70-37-17-19-39(20-18-37)72-38-15-13-34(14-16-38)63-49(73)62(48(68)51(63,5)6)35-23-40(52(53,54)55)41(25-56)57-27-35/h9-20,23,27,30,36,42,45,64H,7-8,21-22,24,26,28-29H2,1-6H3,(H,58,66)(H,60,65)/t36-,42+,45-/m1/s1. The van der Waals surface area contributed by atoms with Crippen LogP contribution in [0.25, 0.3) is 11.3 Å². The van der Waals surface area contributed by atoms with Gasteiger partial charge in [0.15, 0.2) is 23.0 Å². The van der Waals surface area contributed by atoms with E-state index in [0.717, 1.165) is 27.9 Å². The van der Waals surface area contributed by atoms with Crippen LogP contribution in [0.15, 0.2) is 95.9 Å². The molecule has 384 valence electrons. The van der Waals surface area contributed by atoms with E-state index in [1.165, 1.54) is 22.3 Å². The maximum atomic E-state index is 14.0. The number of halogens is 3. The summed E-state index contributed by atoms with van der Waals surface area (Å²) in [6, 6.07) is 21.3. The van der Waals surface area contributed by atoms with Gasteiger partial charge in [0.05, 0.1) is 35.9 Å². The third-order valence-corrected chi connectivity index (χ3v) is 12.6. The minimum absolute atomic E-state index is 0.0507. The number of aryl methyl sites for hydroxylation is 1. The Balaban J connectivity index is 0.824. The van der Waals surface area contributed by atoms with Crippen LogP contribution in [0.5, 0.6) is 17.2 Å². The first-order valence-electron chi connectivity index (χ1n) is 23.4. The number of nitrogens with one attached hydrogen (secondary N) is 2. The van der Waals surface area contributed by atoms with E-state index in [9.17, 15) is 37.5 Å². The summed E-state index contributed by atoms with van der Waals surface area (Å²) in [5.41, 5.74) is -1.39. The third-order valence-electron chi connectivity index (χ3n) is 12.3. The summed E-state index contributed by atoms with van der Waals surface area (Å²) in [7, 11) is 0. The molecule has 7 rings (SSSR count). The number of aromatic nitrogens is 2. The molecule has 0 radical (unpaired) electrons. The number of carbonyl (C=O) groups excluding carboxylic acids is 4. The van der Waals surface area contributed by atoms with E-state index in [1.807, 2.05) is 31.2 Å². The molecule has 5 aromatic rings. The molecular weight excluding hydrogens is 970 g/mol. The predicted octanol–water partition coefficient (Wildman–Crippen LogP) is 7.63. The Kier molecular flexibility index (Phi) is 16.2. The molecule has 2 aliphatic rings. The van der Waals surface area contributed by atoms with Gasteiger partial charge in [-0.1, -0.05) is 45.0 Å². The lowest BCUT2D eigenvalue weighted by Gasteiger charge is -2.35. The van der Waals surface area contributed by atoms with Crippen LogP contribution in [0.4, 0.5) is 24.5 Å². The molecular formula is C52H55F3N8O9S. The van der Waals surface area contributed by atoms with Crippen molar-refractivity contribution < 1.29 is 56.1 Å². The quantitative estimate of drug-likeness (QED) is 0.0569. The van der Waals surface area contributed by atoms with Gasteiger partial charge < -0.3 is 44.2 Å². The van der Waals surface area contributed by atoms with Crippen LogP contribution >= 0.6 is 12.2 Å². The highest BCUT2D eigenvalue weighted by Gasteiger charge is 2.51. The Bertz CT molecular complexity index is 2860. The highest BCUT2D eigenvalue weighted by molar-refractivity contribution is 7.81. The van der Waals surface area contributed by atoms with Gasteiger partial charge in [-0.25, -0.2) is 9.97 Å². The zero-order chi connectivity index (χ0) is 52.8. The number of amides is 4. The number of pyridine rings is 1. The molecule has 0 unspecified atom stereocenters. The highest BCUT2D eigenvalue weighted by atomic mass is 32.1. The van der Waals surface area contributed by atoms with Crippen molar-refractivity contribution in [1.29, 1.82) is 5.26 Å². The topological polar surface area (TPSA) is 213 Å². The number of benzene rings is 3. The normalized spacial score (nSPS) is 17.1. The molecule has 3 aromatic carbocycles. The minimum Gasteiger partial charge on any atom is -0.494 e. The van der Waals surface area contributed by atoms with Gasteiger partial charge in [-0.2, -0.15) is 18.4 Å². The molecule has 17 nitrogen and oxygen atoms in total. The van der Waals surface area contributed by atoms with Gasteiger partial charge in [0, 0.05) is 37.4 Å². The van der Waals surface area contributed by atoms with Crippen molar-refractivity contribution in [2.75, 3.05) is 36.2 Å². The average Bonchev–Trinajstić information content (AvgIpc) is 4.01. The second-order valence-electron chi connectivity index (χ2n) is 19.1. The van der Waals surface area contributed by atoms with Crippen molar-refractivity contribution in [3.05, 3.63) is 114 Å². The number of likely N-dealkylation sites (tertiary alicyclic amines) is 1. The average molecular weight is 1030 g/mol. The van der Waals surface area contributed by atoms with Crippen molar-refractivity contribution in [3.63, 3.8) is 0 Å².